The van der Waals surface area contributed by atoms with Crippen molar-refractivity contribution < 1.29 is 14.7 Å². The van der Waals surface area contributed by atoms with Crippen LogP contribution in [0.1, 0.15) is 19.3 Å². The Morgan fingerprint density at radius 1 is 1.33 bits per heavy atom. The summed E-state index contributed by atoms with van der Waals surface area (Å²) in [4.78, 5) is 43.7. The van der Waals surface area contributed by atoms with Crippen LogP contribution < -0.4 is 28.6 Å². The van der Waals surface area contributed by atoms with Crippen LogP contribution in [-0.2, 0) is 16.1 Å². The molecule has 12 nitrogen and oxygen atoms in total. The van der Waals surface area contributed by atoms with E-state index in [-0.39, 0.29) is 24.9 Å². The van der Waals surface area contributed by atoms with Crippen molar-refractivity contribution in [1.29, 1.82) is 0 Å². The van der Waals surface area contributed by atoms with Crippen molar-refractivity contribution in [3.63, 3.8) is 0 Å². The van der Waals surface area contributed by atoms with E-state index < -0.39 is 30.2 Å². The Balaban J connectivity index is 2.63. The largest absolute Gasteiger partial charge is 0.480 e. The van der Waals surface area contributed by atoms with Gasteiger partial charge in [-0.2, -0.15) is 4.98 Å². The summed E-state index contributed by atoms with van der Waals surface area (Å²) in [5.74, 6) is -1.67. The predicted molar refractivity (Wildman–Crippen MR) is 99.6 cm³/mol. The van der Waals surface area contributed by atoms with Crippen LogP contribution in [-0.4, -0.2) is 63.1 Å². The van der Waals surface area contributed by atoms with Crippen LogP contribution in [0, 0.1) is 0 Å². The fraction of sp³-hybridized carbons (Fsp3) is 0.533. The van der Waals surface area contributed by atoms with Gasteiger partial charge in [-0.3, -0.25) is 19.1 Å². The van der Waals surface area contributed by atoms with Crippen molar-refractivity contribution >= 4 is 23.7 Å². The van der Waals surface area contributed by atoms with Gasteiger partial charge >= 0.3 is 11.7 Å². The zero-order valence-corrected chi connectivity index (χ0v) is 15.0. The molecule has 0 bridgehead atoms. The molecule has 9 N–H and O–H groups in total. The second-order valence-corrected chi connectivity index (χ2v) is 5.99. The number of hydrogen-bond acceptors (Lipinski definition) is 7. The summed E-state index contributed by atoms with van der Waals surface area (Å²) >= 11 is 0. The number of anilines is 1. The standard InChI is InChI=1S/C15H26N8O4/c16-10(3-1-2-5-20-14(18)19)7-23(9-13(25)26)12(24)8-22-6-4-11(17)21-15(22)27/h4,6,10H,1-3,5,7-9,16H2,(H,25,26)(H2,17,21,27)(H4,18,19,20)/t10-/m0/s1. The van der Waals surface area contributed by atoms with E-state index in [0.717, 1.165) is 9.47 Å². The number of aliphatic carboxylic acids is 1. The van der Waals surface area contributed by atoms with Gasteiger partial charge in [0.15, 0.2) is 5.96 Å². The molecular formula is C15H26N8O4. The minimum absolute atomic E-state index is 0.0185. The lowest BCUT2D eigenvalue weighted by Gasteiger charge is -2.24. The van der Waals surface area contributed by atoms with E-state index >= 15 is 0 Å². The lowest BCUT2D eigenvalue weighted by molar-refractivity contribution is -0.144. The van der Waals surface area contributed by atoms with Crippen molar-refractivity contribution in [3.8, 4) is 0 Å². The van der Waals surface area contributed by atoms with E-state index in [9.17, 15) is 14.4 Å². The molecule has 0 aliphatic rings. The number of unbranched alkanes of at least 4 members (excludes halogenated alkanes) is 1. The number of nitrogens with zero attached hydrogens (tertiary/aromatic N) is 4. The first kappa shape index (κ1) is 21.9. The molecule has 0 fully saturated rings. The number of carboxylic acid groups (broad SMARTS) is 1. The Kier molecular flexibility index (Phi) is 8.72. The Morgan fingerprint density at radius 2 is 2.04 bits per heavy atom. The number of rotatable bonds is 11. The van der Waals surface area contributed by atoms with Crippen LogP contribution in [0.15, 0.2) is 22.1 Å². The maximum atomic E-state index is 12.4. The lowest BCUT2D eigenvalue weighted by Crippen LogP contribution is -2.45. The van der Waals surface area contributed by atoms with Crippen molar-refractivity contribution in [2.24, 2.45) is 22.2 Å². The average molecular weight is 382 g/mol. The number of hydrogen-bond donors (Lipinski definition) is 5. The number of carbonyl (C=O) groups excluding carboxylic acids is 1. The Hall–Kier alpha value is -3.15. The number of nitrogens with two attached hydrogens (primary N) is 4. The van der Waals surface area contributed by atoms with E-state index in [1.54, 1.807) is 0 Å². The molecule has 1 heterocycles. The number of carbonyl (C=O) groups is 2. The second-order valence-electron chi connectivity index (χ2n) is 5.99. The zero-order chi connectivity index (χ0) is 20.4. The maximum absolute atomic E-state index is 12.4. The molecule has 150 valence electrons. The predicted octanol–water partition coefficient (Wildman–Crippen LogP) is -2.49. The summed E-state index contributed by atoms with van der Waals surface area (Å²) in [6.07, 6.45) is 3.32. The zero-order valence-electron chi connectivity index (χ0n) is 15.0. The summed E-state index contributed by atoms with van der Waals surface area (Å²) in [5, 5.41) is 9.03. The van der Waals surface area contributed by atoms with Gasteiger partial charge in [-0.25, -0.2) is 4.79 Å². The SMILES string of the molecule is NC(N)=NCCCC[C@H](N)CN(CC(=O)O)C(=O)Cn1ccc(N)nc1=O. The van der Waals surface area contributed by atoms with Gasteiger partial charge in [-0.05, 0) is 18.9 Å². The monoisotopic (exact) mass is 382 g/mol. The molecule has 0 spiro atoms. The topological polar surface area (TPSA) is 209 Å². The first-order valence-electron chi connectivity index (χ1n) is 8.32. The molecule has 0 unspecified atom stereocenters. The van der Waals surface area contributed by atoms with Gasteiger partial charge in [-0.1, -0.05) is 6.42 Å². The highest BCUT2D eigenvalue weighted by molar-refractivity contribution is 5.81. The number of aromatic nitrogens is 2. The minimum atomic E-state index is -1.17. The van der Waals surface area contributed by atoms with E-state index in [2.05, 4.69) is 9.98 Å². The molecule has 1 aromatic rings. The smallest absolute Gasteiger partial charge is 0.349 e. The molecule has 1 aromatic heterocycles. The lowest BCUT2D eigenvalue weighted by atomic mass is 10.1. The molecule has 0 saturated carbocycles. The van der Waals surface area contributed by atoms with Gasteiger partial charge in [0.05, 0.1) is 0 Å². The summed E-state index contributed by atoms with van der Waals surface area (Å²) in [6, 6.07) is 0.951. The van der Waals surface area contributed by atoms with Gasteiger partial charge in [0.25, 0.3) is 0 Å². The van der Waals surface area contributed by atoms with Crippen LogP contribution in [0.25, 0.3) is 0 Å². The number of carboxylic acids is 1. The van der Waals surface area contributed by atoms with Crippen molar-refractivity contribution in [2.75, 3.05) is 25.4 Å². The molecule has 0 saturated heterocycles. The first-order valence-corrected chi connectivity index (χ1v) is 8.32. The highest BCUT2D eigenvalue weighted by Crippen LogP contribution is 2.03. The van der Waals surface area contributed by atoms with Crippen molar-refractivity contribution in [3.05, 3.63) is 22.7 Å². The number of nitrogen functional groups attached to an aromatic ring is 1. The summed E-state index contributed by atoms with van der Waals surface area (Å²) < 4.78 is 1.05. The molecule has 1 atom stereocenters. The molecular weight excluding hydrogens is 356 g/mol. The summed E-state index contributed by atoms with van der Waals surface area (Å²) in [7, 11) is 0. The fourth-order valence-electron chi connectivity index (χ4n) is 2.33. The molecule has 1 rings (SSSR count). The molecule has 0 aromatic carbocycles. The third-order valence-corrected chi connectivity index (χ3v) is 3.61. The van der Waals surface area contributed by atoms with Gasteiger partial charge in [0.1, 0.15) is 18.9 Å². The molecule has 0 radical (unpaired) electrons. The average Bonchev–Trinajstić information content (AvgIpc) is 2.55. The molecule has 0 aliphatic carbocycles. The van der Waals surface area contributed by atoms with Gasteiger partial charge in [0, 0.05) is 25.3 Å². The summed E-state index contributed by atoms with van der Waals surface area (Å²) in [6.45, 7) is -0.348. The summed E-state index contributed by atoms with van der Waals surface area (Å²) in [5.41, 5.74) is 21.2. The van der Waals surface area contributed by atoms with Gasteiger partial charge < -0.3 is 32.9 Å². The number of amides is 1. The van der Waals surface area contributed by atoms with Crippen LogP contribution in [0.4, 0.5) is 5.82 Å². The highest BCUT2D eigenvalue weighted by Gasteiger charge is 2.20. The van der Waals surface area contributed by atoms with Crippen LogP contribution in [0.3, 0.4) is 0 Å². The molecule has 1 amide bonds. The second kappa shape index (κ2) is 10.8. The third-order valence-electron chi connectivity index (χ3n) is 3.61. The van der Waals surface area contributed by atoms with E-state index in [1.165, 1.54) is 12.3 Å². The van der Waals surface area contributed by atoms with Crippen molar-refractivity contribution in [1.82, 2.24) is 14.5 Å². The van der Waals surface area contributed by atoms with Crippen LogP contribution in [0.5, 0.6) is 0 Å². The minimum Gasteiger partial charge on any atom is -0.480 e. The third kappa shape index (κ3) is 8.67. The van der Waals surface area contributed by atoms with Crippen LogP contribution in [0.2, 0.25) is 0 Å². The Labute approximate surface area is 155 Å². The van der Waals surface area contributed by atoms with Gasteiger partial charge in [0.2, 0.25) is 5.91 Å². The van der Waals surface area contributed by atoms with E-state index in [4.69, 9.17) is 28.0 Å². The quantitative estimate of drug-likeness (QED) is 0.155. The molecule has 0 aliphatic heterocycles. The van der Waals surface area contributed by atoms with Crippen LogP contribution >= 0.6 is 0 Å². The first-order chi connectivity index (χ1) is 12.7. The Morgan fingerprint density at radius 3 is 2.63 bits per heavy atom. The molecule has 27 heavy (non-hydrogen) atoms. The number of guanidine groups is 1. The van der Waals surface area contributed by atoms with E-state index in [1.807, 2.05) is 0 Å². The van der Waals surface area contributed by atoms with E-state index in [0.29, 0.717) is 25.8 Å². The number of aliphatic imine (C=N–C) groups is 1. The Bertz CT molecular complexity index is 729. The normalized spacial score (nSPS) is 11.6. The maximum Gasteiger partial charge on any atom is 0.349 e. The van der Waals surface area contributed by atoms with Crippen molar-refractivity contribution in [2.45, 2.75) is 31.8 Å². The fourth-order valence-corrected chi connectivity index (χ4v) is 2.33. The van der Waals surface area contributed by atoms with Gasteiger partial charge in [-0.15, -0.1) is 0 Å². The molecule has 12 heteroatoms. The highest BCUT2D eigenvalue weighted by atomic mass is 16.4.